The molecule has 0 spiro atoms. The second kappa shape index (κ2) is 13.8. The first-order valence-electron chi connectivity index (χ1n) is 11.3. The number of carbonyl (C=O) groups excluding carboxylic acids is 1. The van der Waals surface area contributed by atoms with Gasteiger partial charge in [-0.1, -0.05) is 17.7 Å². The molecular formula is C23H37IN4O3. The minimum Gasteiger partial charge on any atom is -0.494 e. The van der Waals surface area contributed by atoms with Crippen LogP contribution in [0.5, 0.6) is 5.75 Å². The summed E-state index contributed by atoms with van der Waals surface area (Å²) in [5.41, 5.74) is 1.24. The number of aryl methyl sites for hydroxylation is 1. The first kappa shape index (κ1) is 25.7. The van der Waals surface area contributed by atoms with Crippen LogP contribution in [0.2, 0.25) is 0 Å². The van der Waals surface area contributed by atoms with Crippen molar-refractivity contribution in [1.29, 1.82) is 0 Å². The number of piperazine rings is 1. The van der Waals surface area contributed by atoms with E-state index < -0.39 is 0 Å². The molecule has 3 rings (SSSR count). The first-order chi connectivity index (χ1) is 14.7. The number of guanidine groups is 1. The molecule has 7 nitrogen and oxygen atoms in total. The molecule has 1 atom stereocenters. The zero-order valence-electron chi connectivity index (χ0n) is 18.8. The average molecular weight is 544 g/mol. The Morgan fingerprint density at radius 1 is 1.16 bits per heavy atom. The molecular weight excluding hydrogens is 507 g/mol. The van der Waals surface area contributed by atoms with Gasteiger partial charge in [0.05, 0.1) is 6.61 Å². The molecule has 0 aliphatic carbocycles. The highest BCUT2D eigenvalue weighted by molar-refractivity contribution is 14.0. The molecule has 0 aromatic heterocycles. The number of amides is 1. The molecule has 2 fully saturated rings. The number of hydrogen-bond acceptors (Lipinski definition) is 4. The molecule has 0 radical (unpaired) electrons. The zero-order valence-corrected chi connectivity index (χ0v) is 21.2. The van der Waals surface area contributed by atoms with E-state index in [1.807, 2.05) is 17.0 Å². The van der Waals surface area contributed by atoms with Crippen molar-refractivity contribution in [2.45, 2.75) is 45.6 Å². The van der Waals surface area contributed by atoms with Crippen LogP contribution in [0.4, 0.5) is 0 Å². The third-order valence-corrected chi connectivity index (χ3v) is 5.53. The number of ether oxygens (including phenoxy) is 2. The zero-order chi connectivity index (χ0) is 21.2. The summed E-state index contributed by atoms with van der Waals surface area (Å²) in [4.78, 5) is 21.5. The standard InChI is InChI=1S/C23H36N4O3.HI/c1-3-24-23(25-12-4-5-17-29-20-10-8-19(2)9-11-20)27-15-13-26(14-16-27)22(28)21-7-6-18-30-21;/h8-11,21H,3-7,12-18H2,1-2H3,(H,24,25);1H. The monoisotopic (exact) mass is 544 g/mol. The summed E-state index contributed by atoms with van der Waals surface area (Å²) in [6.07, 6.45) is 3.58. The molecule has 0 saturated carbocycles. The Kier molecular flexibility index (Phi) is 11.4. The van der Waals surface area contributed by atoms with Gasteiger partial charge in [0.1, 0.15) is 11.9 Å². The summed E-state index contributed by atoms with van der Waals surface area (Å²) in [5, 5.41) is 3.39. The molecule has 8 heteroatoms. The molecule has 1 aromatic carbocycles. The van der Waals surface area contributed by atoms with Crippen LogP contribution in [0.3, 0.4) is 0 Å². The van der Waals surface area contributed by atoms with Crippen LogP contribution in [0.15, 0.2) is 29.3 Å². The fourth-order valence-electron chi connectivity index (χ4n) is 3.76. The number of aliphatic imine (C=N–C) groups is 1. The van der Waals surface area contributed by atoms with Crippen molar-refractivity contribution in [2.75, 3.05) is 52.5 Å². The van der Waals surface area contributed by atoms with Gasteiger partial charge in [-0.25, -0.2) is 0 Å². The van der Waals surface area contributed by atoms with Crippen LogP contribution in [-0.4, -0.2) is 80.3 Å². The highest BCUT2D eigenvalue weighted by atomic mass is 127. The number of nitrogens with one attached hydrogen (secondary N) is 1. The van der Waals surface area contributed by atoms with Crippen molar-refractivity contribution >= 4 is 35.8 Å². The van der Waals surface area contributed by atoms with E-state index in [0.717, 1.165) is 76.7 Å². The van der Waals surface area contributed by atoms with Crippen LogP contribution in [0, 0.1) is 6.92 Å². The van der Waals surface area contributed by atoms with Crippen molar-refractivity contribution in [1.82, 2.24) is 15.1 Å². The van der Waals surface area contributed by atoms with Gasteiger partial charge < -0.3 is 24.6 Å². The van der Waals surface area contributed by atoms with Gasteiger partial charge in [-0.2, -0.15) is 0 Å². The molecule has 1 amide bonds. The topological polar surface area (TPSA) is 66.4 Å². The summed E-state index contributed by atoms with van der Waals surface area (Å²) < 4.78 is 11.3. The summed E-state index contributed by atoms with van der Waals surface area (Å²) >= 11 is 0. The van der Waals surface area contributed by atoms with E-state index in [9.17, 15) is 4.79 Å². The maximum absolute atomic E-state index is 12.5. The lowest BCUT2D eigenvalue weighted by Crippen LogP contribution is -2.55. The molecule has 0 bridgehead atoms. The number of halogens is 1. The fourth-order valence-corrected chi connectivity index (χ4v) is 3.76. The molecule has 1 N–H and O–H groups in total. The van der Waals surface area contributed by atoms with E-state index in [0.29, 0.717) is 13.2 Å². The summed E-state index contributed by atoms with van der Waals surface area (Å²) in [5.74, 6) is 2.02. The van der Waals surface area contributed by atoms with Gasteiger partial charge >= 0.3 is 0 Å². The largest absolute Gasteiger partial charge is 0.494 e. The lowest BCUT2D eigenvalue weighted by Gasteiger charge is -2.37. The second-order valence-electron chi connectivity index (χ2n) is 7.92. The number of benzene rings is 1. The molecule has 2 aliphatic heterocycles. The lowest BCUT2D eigenvalue weighted by molar-refractivity contribution is -0.142. The quantitative estimate of drug-likeness (QED) is 0.236. The normalized spacial score (nSPS) is 19.2. The molecule has 1 unspecified atom stereocenters. The second-order valence-corrected chi connectivity index (χ2v) is 7.92. The number of rotatable bonds is 8. The predicted molar refractivity (Wildman–Crippen MR) is 134 cm³/mol. The van der Waals surface area contributed by atoms with E-state index in [1.165, 1.54) is 5.56 Å². The fraction of sp³-hybridized carbons (Fsp3) is 0.652. The number of nitrogens with zero attached hydrogens (tertiary/aromatic N) is 3. The predicted octanol–water partition coefficient (Wildman–Crippen LogP) is 3.06. The molecule has 2 aliphatic rings. The van der Waals surface area contributed by atoms with Crippen LogP contribution in [0.1, 0.15) is 38.2 Å². The maximum Gasteiger partial charge on any atom is 0.251 e. The Balaban J connectivity index is 0.00000341. The first-order valence-corrected chi connectivity index (χ1v) is 11.3. The number of unbranched alkanes of at least 4 members (excludes halogenated alkanes) is 1. The van der Waals surface area contributed by atoms with E-state index >= 15 is 0 Å². The van der Waals surface area contributed by atoms with Gasteiger partial charge in [0.25, 0.3) is 5.91 Å². The third kappa shape index (κ3) is 8.14. The van der Waals surface area contributed by atoms with Gasteiger partial charge in [-0.3, -0.25) is 9.79 Å². The van der Waals surface area contributed by atoms with Crippen LogP contribution in [-0.2, 0) is 9.53 Å². The molecule has 174 valence electrons. The Morgan fingerprint density at radius 3 is 2.52 bits per heavy atom. The molecule has 2 saturated heterocycles. The van der Waals surface area contributed by atoms with Crippen molar-refractivity contribution in [3.05, 3.63) is 29.8 Å². The molecule has 31 heavy (non-hydrogen) atoms. The summed E-state index contributed by atoms with van der Waals surface area (Å²) in [6, 6.07) is 8.16. The smallest absolute Gasteiger partial charge is 0.251 e. The third-order valence-electron chi connectivity index (χ3n) is 5.53. The van der Waals surface area contributed by atoms with Gasteiger partial charge in [-0.05, 0) is 51.7 Å². The molecule has 2 heterocycles. The SMILES string of the molecule is CCNC(=NCCCCOc1ccc(C)cc1)N1CCN(C(=O)C2CCCO2)CC1.I. The highest BCUT2D eigenvalue weighted by Crippen LogP contribution is 2.16. The van der Waals surface area contributed by atoms with Crippen molar-refractivity contribution in [2.24, 2.45) is 4.99 Å². The lowest BCUT2D eigenvalue weighted by atomic mass is 10.2. The minimum absolute atomic E-state index is 0. The van der Waals surface area contributed by atoms with Crippen molar-refractivity contribution < 1.29 is 14.3 Å². The summed E-state index contributed by atoms with van der Waals surface area (Å²) in [6.45, 7) is 10.3. The Bertz CT molecular complexity index is 685. The Morgan fingerprint density at radius 2 is 1.87 bits per heavy atom. The van der Waals surface area contributed by atoms with Crippen molar-refractivity contribution in [3.63, 3.8) is 0 Å². The van der Waals surface area contributed by atoms with E-state index in [1.54, 1.807) is 0 Å². The minimum atomic E-state index is -0.222. The maximum atomic E-state index is 12.5. The Hall–Kier alpha value is -1.55. The average Bonchev–Trinajstić information content (AvgIpc) is 3.31. The van der Waals surface area contributed by atoms with Crippen LogP contribution >= 0.6 is 24.0 Å². The van der Waals surface area contributed by atoms with Gasteiger partial charge in [-0.15, -0.1) is 24.0 Å². The van der Waals surface area contributed by atoms with E-state index in [4.69, 9.17) is 14.5 Å². The number of carbonyl (C=O) groups is 1. The van der Waals surface area contributed by atoms with Crippen LogP contribution in [0.25, 0.3) is 0 Å². The molecule has 1 aromatic rings. The van der Waals surface area contributed by atoms with Gasteiger partial charge in [0.2, 0.25) is 0 Å². The van der Waals surface area contributed by atoms with Crippen molar-refractivity contribution in [3.8, 4) is 5.75 Å². The van der Waals surface area contributed by atoms with E-state index in [-0.39, 0.29) is 36.0 Å². The number of hydrogen-bond donors (Lipinski definition) is 1. The van der Waals surface area contributed by atoms with Crippen LogP contribution < -0.4 is 10.1 Å². The summed E-state index contributed by atoms with van der Waals surface area (Å²) in [7, 11) is 0. The highest BCUT2D eigenvalue weighted by Gasteiger charge is 2.30. The van der Waals surface area contributed by atoms with E-state index in [2.05, 4.69) is 36.2 Å². The Labute approximate surface area is 203 Å². The van der Waals surface area contributed by atoms with Gasteiger partial charge in [0, 0.05) is 45.9 Å². The van der Waals surface area contributed by atoms with Gasteiger partial charge in [0.15, 0.2) is 5.96 Å².